The van der Waals surface area contributed by atoms with E-state index >= 15 is 0 Å². The first kappa shape index (κ1) is 15.8. The minimum atomic E-state index is 0.271. The Hall–Kier alpha value is -0.0800. The van der Waals surface area contributed by atoms with Gasteiger partial charge in [0.2, 0.25) is 0 Å². The standard InChI is InChI=1S/C19H35NO/c1-2-12-20-18(14-16-7-6-8-16)17-9-13-21-19(15-17)10-4-3-5-11-19/h16-18,20H,2-15H2,1H3. The van der Waals surface area contributed by atoms with Crippen LogP contribution in [-0.4, -0.2) is 24.8 Å². The molecule has 2 nitrogen and oxygen atoms in total. The normalized spacial score (nSPS) is 31.0. The zero-order chi connectivity index (χ0) is 14.5. The highest BCUT2D eigenvalue weighted by Crippen LogP contribution is 2.43. The van der Waals surface area contributed by atoms with Crippen molar-refractivity contribution >= 4 is 0 Å². The second-order valence-electron chi connectivity index (χ2n) is 7.94. The van der Waals surface area contributed by atoms with Crippen LogP contribution in [0.4, 0.5) is 0 Å². The van der Waals surface area contributed by atoms with E-state index in [9.17, 15) is 0 Å². The van der Waals surface area contributed by atoms with E-state index in [-0.39, 0.29) is 5.60 Å². The zero-order valence-electron chi connectivity index (χ0n) is 14.0. The quantitative estimate of drug-likeness (QED) is 0.768. The topological polar surface area (TPSA) is 21.3 Å². The van der Waals surface area contributed by atoms with Gasteiger partial charge in [0.05, 0.1) is 5.60 Å². The molecule has 3 fully saturated rings. The fourth-order valence-corrected chi connectivity index (χ4v) is 4.81. The SMILES string of the molecule is CCCNC(CC1CCC1)C1CCOC2(CCCCC2)C1. The van der Waals surface area contributed by atoms with E-state index in [1.165, 1.54) is 83.6 Å². The fourth-order valence-electron chi connectivity index (χ4n) is 4.81. The summed E-state index contributed by atoms with van der Waals surface area (Å²) in [4.78, 5) is 0. The van der Waals surface area contributed by atoms with Gasteiger partial charge in [-0.3, -0.25) is 0 Å². The lowest BCUT2D eigenvalue weighted by molar-refractivity contribution is -0.122. The van der Waals surface area contributed by atoms with Gasteiger partial charge in [0.1, 0.15) is 0 Å². The van der Waals surface area contributed by atoms with E-state index < -0.39 is 0 Å². The van der Waals surface area contributed by atoms with Crippen LogP contribution in [0.5, 0.6) is 0 Å². The number of hydrogen-bond acceptors (Lipinski definition) is 2. The first-order valence-corrected chi connectivity index (χ1v) is 9.69. The van der Waals surface area contributed by atoms with Crippen molar-refractivity contribution in [2.24, 2.45) is 11.8 Å². The van der Waals surface area contributed by atoms with E-state index in [0.29, 0.717) is 0 Å². The number of hydrogen-bond donors (Lipinski definition) is 1. The minimum Gasteiger partial charge on any atom is -0.375 e. The Kier molecular flexibility index (Phi) is 5.61. The van der Waals surface area contributed by atoms with Crippen molar-refractivity contribution in [3.05, 3.63) is 0 Å². The van der Waals surface area contributed by atoms with Gasteiger partial charge in [-0.25, -0.2) is 0 Å². The molecule has 0 aromatic heterocycles. The molecule has 0 aromatic rings. The molecule has 0 bridgehead atoms. The van der Waals surface area contributed by atoms with Crippen LogP contribution in [0.1, 0.15) is 84.0 Å². The van der Waals surface area contributed by atoms with E-state index in [0.717, 1.165) is 24.5 Å². The second-order valence-corrected chi connectivity index (χ2v) is 7.94. The molecule has 21 heavy (non-hydrogen) atoms. The lowest BCUT2D eigenvalue weighted by Crippen LogP contribution is -2.48. The van der Waals surface area contributed by atoms with Gasteiger partial charge < -0.3 is 10.1 Å². The lowest BCUT2D eigenvalue weighted by atomic mass is 9.71. The van der Waals surface area contributed by atoms with Crippen LogP contribution in [0.15, 0.2) is 0 Å². The molecule has 2 atom stereocenters. The summed E-state index contributed by atoms with van der Waals surface area (Å²) in [7, 11) is 0. The van der Waals surface area contributed by atoms with Gasteiger partial charge in [0.25, 0.3) is 0 Å². The Morgan fingerprint density at radius 2 is 1.90 bits per heavy atom. The summed E-state index contributed by atoms with van der Waals surface area (Å²) < 4.78 is 6.31. The number of rotatable bonds is 6. The van der Waals surface area contributed by atoms with E-state index in [4.69, 9.17) is 4.74 Å². The molecule has 3 aliphatic rings. The van der Waals surface area contributed by atoms with Crippen LogP contribution in [0.2, 0.25) is 0 Å². The molecule has 2 saturated carbocycles. The average molecular weight is 293 g/mol. The Balaban J connectivity index is 1.59. The summed E-state index contributed by atoms with van der Waals surface area (Å²) in [5.41, 5.74) is 0.271. The average Bonchev–Trinajstić information content (AvgIpc) is 2.46. The third-order valence-corrected chi connectivity index (χ3v) is 6.33. The Morgan fingerprint density at radius 1 is 1.10 bits per heavy atom. The van der Waals surface area contributed by atoms with Crippen LogP contribution >= 0.6 is 0 Å². The maximum atomic E-state index is 6.31. The molecule has 1 heterocycles. The first-order chi connectivity index (χ1) is 10.3. The van der Waals surface area contributed by atoms with E-state index in [1.54, 1.807) is 0 Å². The molecule has 1 saturated heterocycles. The van der Waals surface area contributed by atoms with Crippen molar-refractivity contribution in [1.82, 2.24) is 5.32 Å². The Bertz CT molecular complexity index is 301. The van der Waals surface area contributed by atoms with Crippen LogP contribution in [0.3, 0.4) is 0 Å². The van der Waals surface area contributed by atoms with Crippen molar-refractivity contribution in [3.63, 3.8) is 0 Å². The van der Waals surface area contributed by atoms with Gasteiger partial charge in [-0.15, -0.1) is 0 Å². The molecule has 0 radical (unpaired) electrons. The lowest BCUT2D eigenvalue weighted by Gasteiger charge is -2.46. The zero-order valence-corrected chi connectivity index (χ0v) is 14.0. The molecule has 2 heteroatoms. The Morgan fingerprint density at radius 3 is 2.57 bits per heavy atom. The third-order valence-electron chi connectivity index (χ3n) is 6.33. The number of ether oxygens (including phenoxy) is 1. The first-order valence-electron chi connectivity index (χ1n) is 9.69. The van der Waals surface area contributed by atoms with Crippen molar-refractivity contribution in [2.75, 3.05) is 13.2 Å². The summed E-state index contributed by atoms with van der Waals surface area (Å²) in [6, 6.07) is 0.762. The van der Waals surface area contributed by atoms with Gasteiger partial charge >= 0.3 is 0 Å². The third kappa shape index (κ3) is 4.01. The highest BCUT2D eigenvalue weighted by atomic mass is 16.5. The minimum absolute atomic E-state index is 0.271. The fraction of sp³-hybridized carbons (Fsp3) is 1.00. The highest BCUT2D eigenvalue weighted by molar-refractivity contribution is 4.94. The molecular formula is C19H35NO. The largest absolute Gasteiger partial charge is 0.375 e. The molecule has 1 aliphatic heterocycles. The van der Waals surface area contributed by atoms with E-state index in [1.807, 2.05) is 0 Å². The molecule has 0 amide bonds. The van der Waals surface area contributed by atoms with Gasteiger partial charge in [-0.1, -0.05) is 45.4 Å². The maximum absolute atomic E-state index is 6.31. The smallest absolute Gasteiger partial charge is 0.0685 e. The van der Waals surface area contributed by atoms with Crippen LogP contribution in [0.25, 0.3) is 0 Å². The monoisotopic (exact) mass is 293 g/mol. The highest BCUT2D eigenvalue weighted by Gasteiger charge is 2.41. The molecule has 0 aromatic carbocycles. The molecule has 1 N–H and O–H groups in total. The second kappa shape index (κ2) is 7.46. The van der Waals surface area contributed by atoms with Crippen LogP contribution < -0.4 is 5.32 Å². The molecule has 3 rings (SSSR count). The maximum Gasteiger partial charge on any atom is 0.0685 e. The van der Waals surface area contributed by atoms with Crippen LogP contribution in [0, 0.1) is 11.8 Å². The molecule has 1 spiro atoms. The summed E-state index contributed by atoms with van der Waals surface area (Å²) in [6.45, 7) is 4.50. The van der Waals surface area contributed by atoms with Crippen molar-refractivity contribution in [1.29, 1.82) is 0 Å². The summed E-state index contributed by atoms with van der Waals surface area (Å²) >= 11 is 0. The summed E-state index contributed by atoms with van der Waals surface area (Å²) in [5, 5.41) is 3.90. The van der Waals surface area contributed by atoms with Crippen LogP contribution in [-0.2, 0) is 4.74 Å². The molecule has 2 aliphatic carbocycles. The summed E-state index contributed by atoms with van der Waals surface area (Å²) in [6.07, 6.45) is 16.6. The summed E-state index contributed by atoms with van der Waals surface area (Å²) in [5.74, 6) is 1.88. The van der Waals surface area contributed by atoms with Gasteiger partial charge in [0.15, 0.2) is 0 Å². The van der Waals surface area contributed by atoms with Crippen molar-refractivity contribution in [3.8, 4) is 0 Å². The van der Waals surface area contributed by atoms with Gasteiger partial charge in [-0.05, 0) is 56.9 Å². The molecule has 2 unspecified atom stereocenters. The molecule has 122 valence electrons. The van der Waals surface area contributed by atoms with Crippen molar-refractivity contribution in [2.45, 2.75) is 95.6 Å². The van der Waals surface area contributed by atoms with E-state index in [2.05, 4.69) is 12.2 Å². The van der Waals surface area contributed by atoms with Crippen molar-refractivity contribution < 1.29 is 4.74 Å². The predicted molar refractivity (Wildman–Crippen MR) is 88.5 cm³/mol. The molecular weight excluding hydrogens is 258 g/mol. The van der Waals surface area contributed by atoms with Gasteiger partial charge in [-0.2, -0.15) is 0 Å². The predicted octanol–water partition coefficient (Wildman–Crippen LogP) is 4.67. The Labute approximate surface area is 131 Å². The number of nitrogens with one attached hydrogen (secondary N) is 1. The van der Waals surface area contributed by atoms with Gasteiger partial charge in [0, 0.05) is 12.6 Å².